The molecule has 2 unspecified atom stereocenters. The first kappa shape index (κ1) is 10.7. The largest absolute Gasteiger partial charge is 0.367 e. The van der Waals surface area contributed by atoms with Gasteiger partial charge < -0.3 is 5.32 Å². The molecule has 0 aliphatic heterocycles. The monoisotopic (exact) mass is 223 g/mol. The van der Waals surface area contributed by atoms with Crippen LogP contribution in [0.2, 0.25) is 0 Å². The maximum atomic E-state index is 4.18. The summed E-state index contributed by atoms with van der Waals surface area (Å²) < 4.78 is 0. The Kier molecular flexibility index (Phi) is 3.83. The third-order valence-corrected chi connectivity index (χ3v) is 3.95. The SMILES string of the molecule is CCSC1CCC(Nc2ccncn2)C1. The highest BCUT2D eigenvalue weighted by Crippen LogP contribution is 2.30. The van der Waals surface area contributed by atoms with E-state index in [1.807, 2.05) is 6.07 Å². The molecule has 1 fully saturated rings. The van der Waals surface area contributed by atoms with Crippen molar-refractivity contribution in [2.45, 2.75) is 37.5 Å². The highest BCUT2D eigenvalue weighted by molar-refractivity contribution is 7.99. The summed E-state index contributed by atoms with van der Waals surface area (Å²) in [7, 11) is 0. The van der Waals surface area contributed by atoms with E-state index in [0.717, 1.165) is 11.1 Å². The Morgan fingerprint density at radius 2 is 2.47 bits per heavy atom. The molecule has 2 atom stereocenters. The van der Waals surface area contributed by atoms with E-state index in [1.54, 1.807) is 12.5 Å². The van der Waals surface area contributed by atoms with Gasteiger partial charge >= 0.3 is 0 Å². The maximum absolute atomic E-state index is 4.18. The van der Waals surface area contributed by atoms with Crippen molar-refractivity contribution in [2.24, 2.45) is 0 Å². The van der Waals surface area contributed by atoms with Gasteiger partial charge in [-0.2, -0.15) is 11.8 Å². The van der Waals surface area contributed by atoms with Crippen LogP contribution >= 0.6 is 11.8 Å². The van der Waals surface area contributed by atoms with Crippen LogP contribution in [0.25, 0.3) is 0 Å². The number of aromatic nitrogens is 2. The molecule has 0 aromatic carbocycles. The Balaban J connectivity index is 1.82. The van der Waals surface area contributed by atoms with Crippen LogP contribution in [0.15, 0.2) is 18.6 Å². The van der Waals surface area contributed by atoms with Crippen molar-refractivity contribution in [3.8, 4) is 0 Å². The normalized spacial score (nSPS) is 25.4. The quantitative estimate of drug-likeness (QED) is 0.851. The van der Waals surface area contributed by atoms with Crippen LogP contribution in [0.5, 0.6) is 0 Å². The molecule has 1 aliphatic carbocycles. The van der Waals surface area contributed by atoms with Gasteiger partial charge in [0.15, 0.2) is 0 Å². The van der Waals surface area contributed by atoms with Gasteiger partial charge in [-0.3, -0.25) is 0 Å². The van der Waals surface area contributed by atoms with E-state index in [1.165, 1.54) is 25.0 Å². The van der Waals surface area contributed by atoms with E-state index >= 15 is 0 Å². The second kappa shape index (κ2) is 5.35. The Morgan fingerprint density at radius 1 is 1.53 bits per heavy atom. The van der Waals surface area contributed by atoms with Crippen LogP contribution < -0.4 is 5.32 Å². The smallest absolute Gasteiger partial charge is 0.129 e. The summed E-state index contributed by atoms with van der Waals surface area (Å²) in [5, 5.41) is 4.31. The van der Waals surface area contributed by atoms with Crippen LogP contribution in [-0.4, -0.2) is 27.0 Å². The van der Waals surface area contributed by atoms with Crippen molar-refractivity contribution in [2.75, 3.05) is 11.1 Å². The molecule has 15 heavy (non-hydrogen) atoms. The third-order valence-electron chi connectivity index (χ3n) is 2.72. The topological polar surface area (TPSA) is 37.8 Å². The first-order chi connectivity index (χ1) is 7.38. The molecular weight excluding hydrogens is 206 g/mol. The van der Waals surface area contributed by atoms with Gasteiger partial charge in [0.1, 0.15) is 12.1 Å². The lowest BCUT2D eigenvalue weighted by Crippen LogP contribution is -2.16. The number of rotatable bonds is 4. The molecule has 1 aromatic rings. The van der Waals surface area contributed by atoms with E-state index < -0.39 is 0 Å². The van der Waals surface area contributed by atoms with Crippen molar-refractivity contribution in [1.82, 2.24) is 9.97 Å². The van der Waals surface area contributed by atoms with Crippen molar-refractivity contribution < 1.29 is 0 Å². The van der Waals surface area contributed by atoms with Crippen molar-refractivity contribution in [3.05, 3.63) is 18.6 Å². The molecule has 4 heteroatoms. The van der Waals surface area contributed by atoms with Crippen molar-refractivity contribution in [1.29, 1.82) is 0 Å². The Labute approximate surface area is 95.1 Å². The van der Waals surface area contributed by atoms with Gasteiger partial charge in [0.2, 0.25) is 0 Å². The van der Waals surface area contributed by atoms with Crippen LogP contribution in [0, 0.1) is 0 Å². The summed E-state index contributed by atoms with van der Waals surface area (Å²) in [6.45, 7) is 2.23. The molecule has 82 valence electrons. The molecule has 1 aromatic heterocycles. The Hall–Kier alpha value is -0.770. The Bertz CT molecular complexity index is 291. The van der Waals surface area contributed by atoms with Gasteiger partial charge in [-0.1, -0.05) is 6.92 Å². The highest BCUT2D eigenvalue weighted by Gasteiger charge is 2.24. The van der Waals surface area contributed by atoms with Crippen molar-refractivity contribution >= 4 is 17.6 Å². The molecule has 1 heterocycles. The first-order valence-corrected chi connectivity index (χ1v) is 6.57. The zero-order valence-corrected chi connectivity index (χ0v) is 9.83. The standard InChI is InChI=1S/C11H17N3S/c1-2-15-10-4-3-9(7-10)14-11-5-6-12-8-13-11/h5-6,8-10H,2-4,7H2,1H3,(H,12,13,14). The lowest BCUT2D eigenvalue weighted by molar-refractivity contribution is 0.751. The van der Waals surface area contributed by atoms with E-state index in [0.29, 0.717) is 6.04 Å². The minimum atomic E-state index is 0.601. The average molecular weight is 223 g/mol. The van der Waals surface area contributed by atoms with Gasteiger partial charge in [-0.05, 0) is 31.1 Å². The molecule has 0 bridgehead atoms. The first-order valence-electron chi connectivity index (χ1n) is 5.52. The predicted molar refractivity (Wildman–Crippen MR) is 65.2 cm³/mol. The molecule has 0 saturated heterocycles. The minimum absolute atomic E-state index is 0.601. The molecule has 1 saturated carbocycles. The fraction of sp³-hybridized carbons (Fsp3) is 0.636. The number of thioether (sulfide) groups is 1. The van der Waals surface area contributed by atoms with Crippen LogP contribution in [-0.2, 0) is 0 Å². The summed E-state index contributed by atoms with van der Waals surface area (Å²) in [6.07, 6.45) is 7.24. The van der Waals surface area contributed by atoms with Crippen LogP contribution in [0.3, 0.4) is 0 Å². The summed E-state index contributed by atoms with van der Waals surface area (Å²) in [4.78, 5) is 8.09. The summed E-state index contributed by atoms with van der Waals surface area (Å²) in [6, 6.07) is 2.53. The minimum Gasteiger partial charge on any atom is -0.367 e. The Morgan fingerprint density at radius 3 is 3.20 bits per heavy atom. The maximum Gasteiger partial charge on any atom is 0.129 e. The average Bonchev–Trinajstić information content (AvgIpc) is 2.68. The van der Waals surface area contributed by atoms with Gasteiger partial charge in [0.25, 0.3) is 0 Å². The molecule has 2 rings (SSSR count). The number of hydrogen-bond acceptors (Lipinski definition) is 4. The lowest BCUT2D eigenvalue weighted by atomic mass is 10.2. The second-order valence-corrected chi connectivity index (χ2v) is 5.40. The predicted octanol–water partition coefficient (Wildman–Crippen LogP) is 2.56. The van der Waals surface area contributed by atoms with Gasteiger partial charge in [0, 0.05) is 17.5 Å². The van der Waals surface area contributed by atoms with E-state index in [-0.39, 0.29) is 0 Å². The molecule has 0 spiro atoms. The number of hydrogen-bond donors (Lipinski definition) is 1. The van der Waals surface area contributed by atoms with Crippen LogP contribution in [0.1, 0.15) is 26.2 Å². The van der Waals surface area contributed by atoms with Gasteiger partial charge in [-0.15, -0.1) is 0 Å². The van der Waals surface area contributed by atoms with E-state index in [9.17, 15) is 0 Å². The van der Waals surface area contributed by atoms with Gasteiger partial charge in [0.05, 0.1) is 0 Å². The molecule has 1 N–H and O–H groups in total. The summed E-state index contributed by atoms with van der Waals surface area (Å²) in [5.41, 5.74) is 0. The van der Waals surface area contributed by atoms with Gasteiger partial charge in [-0.25, -0.2) is 9.97 Å². The number of nitrogens with one attached hydrogen (secondary N) is 1. The zero-order chi connectivity index (χ0) is 10.5. The zero-order valence-electron chi connectivity index (χ0n) is 9.02. The number of nitrogens with zero attached hydrogens (tertiary/aromatic N) is 2. The second-order valence-electron chi connectivity index (χ2n) is 3.83. The summed E-state index contributed by atoms with van der Waals surface area (Å²) >= 11 is 2.08. The van der Waals surface area contributed by atoms with Crippen molar-refractivity contribution in [3.63, 3.8) is 0 Å². The van der Waals surface area contributed by atoms with Crippen LogP contribution in [0.4, 0.5) is 5.82 Å². The third kappa shape index (κ3) is 3.09. The molecule has 0 amide bonds. The van der Waals surface area contributed by atoms with E-state index in [4.69, 9.17) is 0 Å². The number of anilines is 1. The molecule has 0 radical (unpaired) electrons. The fourth-order valence-electron chi connectivity index (χ4n) is 2.04. The summed E-state index contributed by atoms with van der Waals surface area (Å²) in [5.74, 6) is 2.18. The van der Waals surface area contributed by atoms with E-state index in [2.05, 4.69) is 34.0 Å². The lowest BCUT2D eigenvalue weighted by Gasteiger charge is -2.13. The fourth-order valence-corrected chi connectivity index (χ4v) is 3.19. The highest BCUT2D eigenvalue weighted by atomic mass is 32.2. The molecular formula is C11H17N3S. The molecule has 1 aliphatic rings. The molecule has 3 nitrogen and oxygen atoms in total.